The van der Waals surface area contributed by atoms with Gasteiger partial charge < -0.3 is 10.1 Å². The molecule has 1 aromatic carbocycles. The maximum absolute atomic E-state index is 12.2. The Balaban J connectivity index is 1.57. The fraction of sp³-hybridized carbons (Fsp3) is 0.412. The molecule has 0 spiro atoms. The summed E-state index contributed by atoms with van der Waals surface area (Å²) in [5, 5.41) is 5.50. The molecule has 3 rings (SSSR count). The van der Waals surface area contributed by atoms with Crippen LogP contribution in [0.5, 0.6) is 0 Å². The fourth-order valence-corrected chi connectivity index (χ4v) is 3.58. The van der Waals surface area contributed by atoms with Gasteiger partial charge in [-0.3, -0.25) is 9.69 Å². The number of nitrogens with one attached hydrogen (secondary N) is 1. The van der Waals surface area contributed by atoms with Gasteiger partial charge in [-0.05, 0) is 13.8 Å². The number of hydrogen-bond acceptors (Lipinski definition) is 5. The molecule has 5 nitrogen and oxygen atoms in total. The van der Waals surface area contributed by atoms with Gasteiger partial charge >= 0.3 is 0 Å². The molecule has 1 aliphatic heterocycles. The van der Waals surface area contributed by atoms with Crippen molar-refractivity contribution in [3.63, 3.8) is 0 Å². The molecule has 1 amide bonds. The van der Waals surface area contributed by atoms with Gasteiger partial charge in [0, 0.05) is 24.0 Å². The summed E-state index contributed by atoms with van der Waals surface area (Å²) in [7, 11) is 0. The zero-order valence-corrected chi connectivity index (χ0v) is 14.2. The molecule has 1 aromatic heterocycles. The third kappa shape index (κ3) is 4.37. The molecule has 0 saturated carbocycles. The van der Waals surface area contributed by atoms with Crippen molar-refractivity contribution in [2.45, 2.75) is 26.1 Å². The van der Waals surface area contributed by atoms with E-state index >= 15 is 0 Å². The van der Waals surface area contributed by atoms with Gasteiger partial charge in [-0.2, -0.15) is 0 Å². The van der Waals surface area contributed by atoms with Gasteiger partial charge in [-0.15, -0.1) is 11.3 Å². The highest BCUT2D eigenvalue weighted by Crippen LogP contribution is 2.24. The van der Waals surface area contributed by atoms with Crippen LogP contribution in [0, 0.1) is 0 Å². The molecule has 1 aliphatic rings. The Morgan fingerprint density at radius 3 is 2.70 bits per heavy atom. The number of carbonyl (C=O) groups excluding carboxylic acids is 1. The normalized spacial score (nSPS) is 22.0. The van der Waals surface area contributed by atoms with E-state index in [2.05, 4.69) is 15.2 Å². The Labute approximate surface area is 140 Å². The Morgan fingerprint density at radius 1 is 1.30 bits per heavy atom. The molecular formula is C17H21N3O2S. The highest BCUT2D eigenvalue weighted by atomic mass is 32.1. The average molecular weight is 331 g/mol. The Hall–Kier alpha value is -1.76. The predicted molar refractivity (Wildman–Crippen MR) is 92.6 cm³/mol. The highest BCUT2D eigenvalue weighted by Gasteiger charge is 2.23. The average Bonchev–Trinajstić information content (AvgIpc) is 2.95. The highest BCUT2D eigenvalue weighted by molar-refractivity contribution is 7.14. The first-order chi connectivity index (χ1) is 11.1. The first kappa shape index (κ1) is 16.1. The van der Waals surface area contributed by atoms with Crippen LogP contribution in [0.4, 0.5) is 5.13 Å². The van der Waals surface area contributed by atoms with E-state index in [9.17, 15) is 4.79 Å². The Morgan fingerprint density at radius 2 is 2.00 bits per heavy atom. The maximum atomic E-state index is 12.2. The molecule has 122 valence electrons. The summed E-state index contributed by atoms with van der Waals surface area (Å²) in [6.45, 7) is 6.01. The maximum Gasteiger partial charge on any atom is 0.240 e. The number of ether oxygens (including phenoxy) is 1. The van der Waals surface area contributed by atoms with E-state index in [4.69, 9.17) is 4.74 Å². The van der Waals surface area contributed by atoms with Crippen molar-refractivity contribution < 1.29 is 9.53 Å². The molecular weight excluding hydrogens is 310 g/mol. The number of thiazole rings is 1. The first-order valence-corrected chi connectivity index (χ1v) is 8.67. The minimum atomic E-state index is -0.0275. The summed E-state index contributed by atoms with van der Waals surface area (Å²) in [5.41, 5.74) is 1.94. The molecule has 6 heteroatoms. The zero-order chi connectivity index (χ0) is 16.2. The molecule has 2 heterocycles. The van der Waals surface area contributed by atoms with Crippen LogP contribution in [0.15, 0.2) is 35.7 Å². The van der Waals surface area contributed by atoms with E-state index < -0.39 is 0 Å². The lowest BCUT2D eigenvalue weighted by molar-refractivity contribution is -0.121. The van der Waals surface area contributed by atoms with Crippen LogP contribution in [0.25, 0.3) is 11.3 Å². The van der Waals surface area contributed by atoms with Crippen molar-refractivity contribution >= 4 is 22.4 Å². The summed E-state index contributed by atoms with van der Waals surface area (Å²) in [4.78, 5) is 18.8. The monoisotopic (exact) mass is 331 g/mol. The van der Waals surface area contributed by atoms with Gasteiger partial charge in [-0.1, -0.05) is 30.3 Å². The van der Waals surface area contributed by atoms with Gasteiger partial charge in [0.15, 0.2) is 5.13 Å². The van der Waals surface area contributed by atoms with Crippen LogP contribution in [0.1, 0.15) is 13.8 Å². The Kier molecular flexibility index (Phi) is 5.05. The number of hydrogen-bond donors (Lipinski definition) is 1. The Bertz CT molecular complexity index is 649. The third-order valence-corrected chi connectivity index (χ3v) is 4.44. The van der Waals surface area contributed by atoms with E-state index in [1.165, 1.54) is 11.3 Å². The minimum Gasteiger partial charge on any atom is -0.373 e. The second-order valence-electron chi connectivity index (χ2n) is 5.90. The lowest BCUT2D eigenvalue weighted by Gasteiger charge is -2.34. The van der Waals surface area contributed by atoms with E-state index in [-0.39, 0.29) is 18.1 Å². The summed E-state index contributed by atoms with van der Waals surface area (Å²) >= 11 is 1.45. The van der Waals surface area contributed by atoms with Crippen molar-refractivity contribution in [1.82, 2.24) is 9.88 Å². The molecule has 1 fully saturated rings. The summed E-state index contributed by atoms with van der Waals surface area (Å²) in [6, 6.07) is 9.96. The lowest BCUT2D eigenvalue weighted by Crippen LogP contribution is -2.48. The number of benzene rings is 1. The number of carbonyl (C=O) groups is 1. The van der Waals surface area contributed by atoms with Crippen LogP contribution in [0.2, 0.25) is 0 Å². The number of amides is 1. The largest absolute Gasteiger partial charge is 0.373 e. The smallest absolute Gasteiger partial charge is 0.240 e. The van der Waals surface area contributed by atoms with Gasteiger partial charge in [0.25, 0.3) is 0 Å². The number of nitrogens with zero attached hydrogens (tertiary/aromatic N) is 2. The van der Waals surface area contributed by atoms with Crippen LogP contribution >= 0.6 is 11.3 Å². The standard InChI is InChI=1S/C17H21N3O2S/c1-12-8-20(9-13(2)22-12)10-16(21)19-17-18-15(11-23-17)14-6-4-3-5-7-14/h3-7,11-13H,8-10H2,1-2H3,(H,18,19,21)/t12-,13-/m1/s1. The number of aromatic nitrogens is 1. The van der Waals surface area contributed by atoms with Crippen molar-refractivity contribution in [3.8, 4) is 11.3 Å². The molecule has 0 unspecified atom stereocenters. The molecule has 0 bridgehead atoms. The SMILES string of the molecule is C[C@@H]1CN(CC(=O)Nc2nc(-c3ccccc3)cs2)C[C@@H](C)O1. The van der Waals surface area contributed by atoms with Crippen molar-refractivity contribution in [1.29, 1.82) is 0 Å². The lowest BCUT2D eigenvalue weighted by atomic mass is 10.2. The summed E-state index contributed by atoms with van der Waals surface area (Å²) < 4.78 is 5.68. The van der Waals surface area contributed by atoms with E-state index in [0.717, 1.165) is 24.3 Å². The minimum absolute atomic E-state index is 0.0275. The number of anilines is 1. The molecule has 2 aromatic rings. The van der Waals surface area contributed by atoms with Crippen LogP contribution < -0.4 is 5.32 Å². The van der Waals surface area contributed by atoms with Crippen LogP contribution in [-0.4, -0.2) is 47.6 Å². The van der Waals surface area contributed by atoms with Crippen LogP contribution in [-0.2, 0) is 9.53 Å². The predicted octanol–water partition coefficient (Wildman–Crippen LogP) is 2.86. The van der Waals surface area contributed by atoms with Crippen molar-refractivity contribution in [3.05, 3.63) is 35.7 Å². The third-order valence-electron chi connectivity index (χ3n) is 3.68. The van der Waals surface area contributed by atoms with Gasteiger partial charge in [0.05, 0.1) is 24.4 Å². The second kappa shape index (κ2) is 7.21. The van der Waals surface area contributed by atoms with E-state index in [0.29, 0.717) is 11.7 Å². The topological polar surface area (TPSA) is 54.5 Å². The fourth-order valence-electron chi connectivity index (χ4n) is 2.85. The van der Waals surface area contributed by atoms with Gasteiger partial charge in [0.1, 0.15) is 0 Å². The molecule has 0 radical (unpaired) electrons. The second-order valence-corrected chi connectivity index (χ2v) is 6.76. The molecule has 0 aliphatic carbocycles. The molecule has 1 N–H and O–H groups in total. The zero-order valence-electron chi connectivity index (χ0n) is 13.4. The van der Waals surface area contributed by atoms with E-state index in [1.54, 1.807) is 0 Å². The first-order valence-electron chi connectivity index (χ1n) is 7.79. The molecule has 1 saturated heterocycles. The van der Waals surface area contributed by atoms with Crippen molar-refractivity contribution in [2.75, 3.05) is 25.0 Å². The number of morpholine rings is 1. The number of rotatable bonds is 4. The summed E-state index contributed by atoms with van der Waals surface area (Å²) in [6.07, 6.45) is 0.326. The van der Waals surface area contributed by atoms with E-state index in [1.807, 2.05) is 49.6 Å². The van der Waals surface area contributed by atoms with Crippen LogP contribution in [0.3, 0.4) is 0 Å². The quantitative estimate of drug-likeness (QED) is 0.936. The molecule has 23 heavy (non-hydrogen) atoms. The summed E-state index contributed by atoms with van der Waals surface area (Å²) in [5.74, 6) is -0.0275. The van der Waals surface area contributed by atoms with Gasteiger partial charge in [0.2, 0.25) is 5.91 Å². The van der Waals surface area contributed by atoms with Crippen molar-refractivity contribution in [2.24, 2.45) is 0 Å². The van der Waals surface area contributed by atoms with Gasteiger partial charge in [-0.25, -0.2) is 4.98 Å². The molecule has 2 atom stereocenters.